The first kappa shape index (κ1) is 11.5. The van der Waals surface area contributed by atoms with E-state index in [-0.39, 0.29) is 0 Å². The molecule has 0 unspecified atom stereocenters. The molecular weight excluding hydrogens is 210 g/mol. The number of aryl methyl sites for hydroxylation is 1. The fraction of sp³-hybridized carbons (Fsp3) is 0.200. The van der Waals surface area contributed by atoms with Gasteiger partial charge in [-0.15, -0.1) is 0 Å². The number of ether oxygens (including phenoxy) is 1. The summed E-state index contributed by atoms with van der Waals surface area (Å²) >= 11 is 0. The third-order valence-corrected chi connectivity index (χ3v) is 2.80. The van der Waals surface area contributed by atoms with Crippen molar-refractivity contribution in [3.8, 4) is 5.75 Å². The summed E-state index contributed by atoms with van der Waals surface area (Å²) in [6.07, 6.45) is 0. The Hall–Kier alpha value is -1.96. The lowest BCUT2D eigenvalue weighted by Gasteiger charge is -2.10. The Bertz CT molecular complexity index is 520. The average Bonchev–Trinajstić information content (AvgIpc) is 2.31. The lowest BCUT2D eigenvalue weighted by molar-refractivity contribution is 0.304. The van der Waals surface area contributed by atoms with Gasteiger partial charge in [0.15, 0.2) is 0 Å². The van der Waals surface area contributed by atoms with Crippen molar-refractivity contribution >= 4 is 5.69 Å². The van der Waals surface area contributed by atoms with E-state index in [1.165, 1.54) is 11.1 Å². The second-order valence-corrected chi connectivity index (χ2v) is 4.25. The summed E-state index contributed by atoms with van der Waals surface area (Å²) in [5.41, 5.74) is 10.0. The minimum Gasteiger partial charge on any atom is -0.489 e. The molecule has 2 rings (SSSR count). The minimum absolute atomic E-state index is 0.575. The van der Waals surface area contributed by atoms with Crippen LogP contribution in [0.1, 0.15) is 16.7 Å². The van der Waals surface area contributed by atoms with Gasteiger partial charge in [0, 0.05) is 11.3 Å². The van der Waals surface area contributed by atoms with Gasteiger partial charge in [0.25, 0.3) is 0 Å². The summed E-state index contributed by atoms with van der Waals surface area (Å²) < 4.78 is 5.78. The van der Waals surface area contributed by atoms with Crippen LogP contribution in [0.5, 0.6) is 5.75 Å². The molecule has 0 amide bonds. The van der Waals surface area contributed by atoms with E-state index in [0.717, 1.165) is 17.0 Å². The molecule has 2 aromatic rings. The number of nitrogens with two attached hydrogens (primary N) is 1. The Morgan fingerprint density at radius 1 is 1.06 bits per heavy atom. The van der Waals surface area contributed by atoms with E-state index in [9.17, 15) is 0 Å². The highest BCUT2D eigenvalue weighted by atomic mass is 16.5. The summed E-state index contributed by atoms with van der Waals surface area (Å²) in [6, 6.07) is 14.1. The molecule has 2 N–H and O–H groups in total. The molecule has 0 aliphatic rings. The lowest BCUT2D eigenvalue weighted by Crippen LogP contribution is -1.99. The molecule has 0 aliphatic heterocycles. The molecule has 88 valence electrons. The summed E-state index contributed by atoms with van der Waals surface area (Å²) in [5, 5.41) is 0. The van der Waals surface area contributed by atoms with Gasteiger partial charge in [-0.2, -0.15) is 0 Å². The van der Waals surface area contributed by atoms with Gasteiger partial charge in [0.05, 0.1) is 0 Å². The van der Waals surface area contributed by atoms with Crippen molar-refractivity contribution in [1.82, 2.24) is 0 Å². The lowest BCUT2D eigenvalue weighted by atomic mass is 10.1. The zero-order chi connectivity index (χ0) is 12.3. The fourth-order valence-electron chi connectivity index (χ4n) is 1.75. The van der Waals surface area contributed by atoms with Crippen LogP contribution in [0.15, 0.2) is 42.5 Å². The quantitative estimate of drug-likeness (QED) is 0.815. The largest absolute Gasteiger partial charge is 0.489 e. The first-order chi connectivity index (χ1) is 8.16. The van der Waals surface area contributed by atoms with Gasteiger partial charge in [-0.3, -0.25) is 0 Å². The normalized spacial score (nSPS) is 10.2. The van der Waals surface area contributed by atoms with Crippen molar-refractivity contribution in [2.45, 2.75) is 20.5 Å². The van der Waals surface area contributed by atoms with E-state index < -0.39 is 0 Å². The van der Waals surface area contributed by atoms with Gasteiger partial charge in [0.1, 0.15) is 12.4 Å². The van der Waals surface area contributed by atoms with E-state index in [2.05, 4.69) is 25.1 Å². The molecule has 0 atom stereocenters. The zero-order valence-corrected chi connectivity index (χ0v) is 10.2. The van der Waals surface area contributed by atoms with E-state index in [1.54, 1.807) is 0 Å². The van der Waals surface area contributed by atoms with Crippen LogP contribution >= 0.6 is 0 Å². The number of hydrogen-bond acceptors (Lipinski definition) is 2. The first-order valence-corrected chi connectivity index (χ1v) is 5.70. The smallest absolute Gasteiger partial charge is 0.124 e. The Kier molecular flexibility index (Phi) is 3.33. The standard InChI is InChI=1S/C15H17NO/c1-11-5-3-6-13(9-11)10-17-15-8-4-7-14(16)12(15)2/h3-9H,10,16H2,1-2H3. The van der Waals surface area contributed by atoms with Gasteiger partial charge in [-0.05, 0) is 31.5 Å². The predicted octanol–water partition coefficient (Wildman–Crippen LogP) is 3.46. The maximum absolute atomic E-state index is 5.83. The molecule has 0 radical (unpaired) electrons. The summed E-state index contributed by atoms with van der Waals surface area (Å²) in [4.78, 5) is 0. The van der Waals surface area contributed by atoms with E-state index in [0.29, 0.717) is 6.61 Å². The summed E-state index contributed by atoms with van der Waals surface area (Å²) in [7, 11) is 0. The molecule has 0 aliphatic carbocycles. The Morgan fingerprint density at radius 2 is 1.82 bits per heavy atom. The van der Waals surface area contributed by atoms with Crippen LogP contribution in [0, 0.1) is 13.8 Å². The minimum atomic E-state index is 0.575. The molecule has 0 saturated heterocycles. The second-order valence-electron chi connectivity index (χ2n) is 4.25. The highest BCUT2D eigenvalue weighted by Crippen LogP contribution is 2.23. The fourth-order valence-corrected chi connectivity index (χ4v) is 1.75. The monoisotopic (exact) mass is 227 g/mol. The highest BCUT2D eigenvalue weighted by Gasteiger charge is 2.02. The average molecular weight is 227 g/mol. The number of anilines is 1. The Balaban J connectivity index is 2.10. The second kappa shape index (κ2) is 4.91. The van der Waals surface area contributed by atoms with Gasteiger partial charge >= 0.3 is 0 Å². The topological polar surface area (TPSA) is 35.2 Å². The summed E-state index contributed by atoms with van der Waals surface area (Å²) in [5.74, 6) is 0.853. The molecule has 2 aromatic carbocycles. The number of hydrogen-bond donors (Lipinski definition) is 1. The van der Waals surface area contributed by atoms with Crippen LogP contribution in [0.3, 0.4) is 0 Å². The van der Waals surface area contributed by atoms with Crippen molar-refractivity contribution in [3.63, 3.8) is 0 Å². The van der Waals surface area contributed by atoms with E-state index in [4.69, 9.17) is 10.5 Å². The molecule has 0 spiro atoms. The Labute approximate surface area is 102 Å². The first-order valence-electron chi connectivity index (χ1n) is 5.70. The van der Waals surface area contributed by atoms with Crippen LogP contribution in [0.25, 0.3) is 0 Å². The van der Waals surface area contributed by atoms with Crippen LogP contribution in [0.2, 0.25) is 0 Å². The molecule has 2 nitrogen and oxygen atoms in total. The third kappa shape index (κ3) is 2.78. The van der Waals surface area contributed by atoms with E-state index >= 15 is 0 Å². The third-order valence-electron chi connectivity index (χ3n) is 2.80. The van der Waals surface area contributed by atoms with Gasteiger partial charge in [-0.25, -0.2) is 0 Å². The number of nitrogen functional groups attached to an aromatic ring is 1. The van der Waals surface area contributed by atoms with Crippen LogP contribution in [0.4, 0.5) is 5.69 Å². The zero-order valence-electron chi connectivity index (χ0n) is 10.2. The molecule has 0 fully saturated rings. The van der Waals surface area contributed by atoms with Crippen molar-refractivity contribution < 1.29 is 4.74 Å². The van der Waals surface area contributed by atoms with Gasteiger partial charge in [0.2, 0.25) is 0 Å². The van der Waals surface area contributed by atoms with E-state index in [1.807, 2.05) is 31.2 Å². The number of benzene rings is 2. The molecule has 0 heterocycles. The molecule has 0 bridgehead atoms. The SMILES string of the molecule is Cc1cccc(COc2cccc(N)c2C)c1. The maximum atomic E-state index is 5.83. The van der Waals surface area contributed by atoms with Gasteiger partial charge < -0.3 is 10.5 Å². The van der Waals surface area contributed by atoms with Crippen molar-refractivity contribution in [2.24, 2.45) is 0 Å². The van der Waals surface area contributed by atoms with Crippen LogP contribution < -0.4 is 10.5 Å². The van der Waals surface area contributed by atoms with Gasteiger partial charge in [-0.1, -0.05) is 35.9 Å². The Morgan fingerprint density at radius 3 is 2.59 bits per heavy atom. The van der Waals surface area contributed by atoms with Crippen molar-refractivity contribution in [1.29, 1.82) is 0 Å². The van der Waals surface area contributed by atoms with Crippen LogP contribution in [-0.4, -0.2) is 0 Å². The summed E-state index contributed by atoms with van der Waals surface area (Å²) in [6.45, 7) is 4.63. The maximum Gasteiger partial charge on any atom is 0.124 e. The predicted molar refractivity (Wildman–Crippen MR) is 71.1 cm³/mol. The molecule has 0 saturated carbocycles. The molecule has 2 heteroatoms. The molecule has 17 heavy (non-hydrogen) atoms. The highest BCUT2D eigenvalue weighted by molar-refractivity contribution is 5.53. The molecular formula is C15H17NO. The number of rotatable bonds is 3. The molecule has 0 aromatic heterocycles. The van der Waals surface area contributed by atoms with Crippen LogP contribution in [-0.2, 0) is 6.61 Å². The van der Waals surface area contributed by atoms with Crippen molar-refractivity contribution in [3.05, 3.63) is 59.2 Å². The van der Waals surface area contributed by atoms with Crippen molar-refractivity contribution in [2.75, 3.05) is 5.73 Å².